The summed E-state index contributed by atoms with van der Waals surface area (Å²) in [5.74, 6) is -0.00208. The fourth-order valence-corrected chi connectivity index (χ4v) is 1.98. The quantitative estimate of drug-likeness (QED) is 0.909. The van der Waals surface area contributed by atoms with Gasteiger partial charge in [0.25, 0.3) is 0 Å². The molecule has 2 rings (SSSR count). The molecule has 0 aliphatic heterocycles. The Morgan fingerprint density at radius 3 is 2.58 bits per heavy atom. The molecule has 1 aromatic heterocycles. The molecule has 0 saturated carbocycles. The smallest absolute Gasteiger partial charge is 0.234 e. The van der Waals surface area contributed by atoms with Gasteiger partial charge in [0.1, 0.15) is 5.82 Å². The van der Waals surface area contributed by atoms with Crippen LogP contribution < -0.4 is 11.1 Å². The molecule has 1 unspecified atom stereocenters. The standard InChI is InChI=1S/C14H14BrN3O/c15-11-6-7-13(17-9-11)18-14(19)12(8-16)10-4-2-1-3-5-10/h1-7,9,12H,8,16H2,(H,17,18,19). The molecule has 2 aromatic rings. The van der Waals surface area contributed by atoms with Crippen LogP contribution >= 0.6 is 15.9 Å². The summed E-state index contributed by atoms with van der Waals surface area (Å²) >= 11 is 3.30. The van der Waals surface area contributed by atoms with Crippen LogP contribution in [0.15, 0.2) is 53.1 Å². The molecule has 3 N–H and O–H groups in total. The van der Waals surface area contributed by atoms with Crippen LogP contribution in [0.2, 0.25) is 0 Å². The summed E-state index contributed by atoms with van der Waals surface area (Å²) < 4.78 is 0.865. The van der Waals surface area contributed by atoms with Gasteiger partial charge < -0.3 is 11.1 Å². The van der Waals surface area contributed by atoms with E-state index in [0.717, 1.165) is 10.0 Å². The van der Waals surface area contributed by atoms with Gasteiger partial charge in [0.2, 0.25) is 5.91 Å². The lowest BCUT2D eigenvalue weighted by molar-refractivity contribution is -0.117. The number of nitrogens with one attached hydrogen (secondary N) is 1. The topological polar surface area (TPSA) is 68.0 Å². The van der Waals surface area contributed by atoms with Crippen LogP contribution in [0.4, 0.5) is 5.82 Å². The van der Waals surface area contributed by atoms with Gasteiger partial charge >= 0.3 is 0 Å². The van der Waals surface area contributed by atoms with Crippen molar-refractivity contribution in [3.05, 3.63) is 58.7 Å². The molecule has 1 atom stereocenters. The first-order chi connectivity index (χ1) is 9.20. The molecule has 0 saturated heterocycles. The number of amides is 1. The molecule has 1 heterocycles. The molecule has 19 heavy (non-hydrogen) atoms. The number of halogens is 1. The van der Waals surface area contributed by atoms with Crippen molar-refractivity contribution in [1.82, 2.24) is 4.98 Å². The minimum Gasteiger partial charge on any atom is -0.329 e. The van der Waals surface area contributed by atoms with Crippen molar-refractivity contribution in [1.29, 1.82) is 0 Å². The third kappa shape index (κ3) is 3.62. The molecule has 0 bridgehead atoms. The van der Waals surface area contributed by atoms with Gasteiger partial charge in [-0.1, -0.05) is 30.3 Å². The lowest BCUT2D eigenvalue weighted by Gasteiger charge is -2.14. The Morgan fingerprint density at radius 1 is 1.26 bits per heavy atom. The Morgan fingerprint density at radius 2 is 2.00 bits per heavy atom. The number of benzene rings is 1. The average Bonchev–Trinajstić information content (AvgIpc) is 2.43. The predicted octanol–water partition coefficient (Wildman–Crippen LogP) is 2.53. The molecule has 1 aromatic carbocycles. The number of hydrogen-bond acceptors (Lipinski definition) is 3. The third-order valence-electron chi connectivity index (χ3n) is 2.73. The highest BCUT2D eigenvalue weighted by atomic mass is 79.9. The van der Waals surface area contributed by atoms with Crippen LogP contribution in [0, 0.1) is 0 Å². The van der Waals surface area contributed by atoms with E-state index >= 15 is 0 Å². The maximum Gasteiger partial charge on any atom is 0.234 e. The number of carbonyl (C=O) groups excluding carboxylic acids is 1. The summed E-state index contributed by atoms with van der Waals surface area (Å²) in [6.07, 6.45) is 1.63. The summed E-state index contributed by atoms with van der Waals surface area (Å²) in [5.41, 5.74) is 6.60. The van der Waals surface area contributed by atoms with E-state index < -0.39 is 0 Å². The van der Waals surface area contributed by atoms with Crippen LogP contribution in [-0.4, -0.2) is 17.4 Å². The zero-order chi connectivity index (χ0) is 13.7. The third-order valence-corrected chi connectivity index (χ3v) is 3.20. The summed E-state index contributed by atoms with van der Waals surface area (Å²) in [4.78, 5) is 16.3. The van der Waals surface area contributed by atoms with Gasteiger partial charge in [-0.05, 0) is 33.6 Å². The highest BCUT2D eigenvalue weighted by Crippen LogP contribution is 2.17. The number of pyridine rings is 1. The Balaban J connectivity index is 2.11. The SMILES string of the molecule is NCC(C(=O)Nc1ccc(Br)cn1)c1ccccc1. The molecule has 0 aliphatic carbocycles. The number of anilines is 1. The highest BCUT2D eigenvalue weighted by Gasteiger charge is 2.19. The van der Waals surface area contributed by atoms with Gasteiger partial charge in [0.15, 0.2) is 0 Å². The van der Waals surface area contributed by atoms with Gasteiger partial charge in [-0.2, -0.15) is 0 Å². The zero-order valence-electron chi connectivity index (χ0n) is 10.2. The second-order valence-corrected chi connectivity index (χ2v) is 4.97. The van der Waals surface area contributed by atoms with E-state index in [9.17, 15) is 4.79 Å². The molecular formula is C14H14BrN3O. The lowest BCUT2D eigenvalue weighted by Crippen LogP contribution is -2.27. The summed E-state index contributed by atoms with van der Waals surface area (Å²) in [5, 5.41) is 2.77. The van der Waals surface area contributed by atoms with Crippen molar-refractivity contribution in [2.24, 2.45) is 5.73 Å². The van der Waals surface area contributed by atoms with Crippen molar-refractivity contribution in [2.75, 3.05) is 11.9 Å². The second kappa shape index (κ2) is 6.45. The number of nitrogens with two attached hydrogens (primary N) is 1. The van der Waals surface area contributed by atoms with Crippen LogP contribution in [0.1, 0.15) is 11.5 Å². The molecule has 5 heteroatoms. The van der Waals surface area contributed by atoms with Gasteiger partial charge in [0.05, 0.1) is 5.92 Å². The summed E-state index contributed by atoms with van der Waals surface area (Å²) in [6, 6.07) is 13.0. The molecular weight excluding hydrogens is 306 g/mol. The number of aromatic nitrogens is 1. The summed E-state index contributed by atoms with van der Waals surface area (Å²) in [7, 11) is 0. The monoisotopic (exact) mass is 319 g/mol. The van der Waals surface area contributed by atoms with Crippen LogP contribution in [0.5, 0.6) is 0 Å². The molecule has 98 valence electrons. The highest BCUT2D eigenvalue weighted by molar-refractivity contribution is 9.10. The van der Waals surface area contributed by atoms with E-state index in [1.54, 1.807) is 12.3 Å². The number of nitrogens with zero attached hydrogens (tertiary/aromatic N) is 1. The molecule has 0 radical (unpaired) electrons. The zero-order valence-corrected chi connectivity index (χ0v) is 11.8. The van der Waals surface area contributed by atoms with Crippen LogP contribution in [0.25, 0.3) is 0 Å². The van der Waals surface area contributed by atoms with Gasteiger partial charge in [-0.25, -0.2) is 4.98 Å². The first-order valence-corrected chi connectivity index (χ1v) is 6.67. The van der Waals surface area contributed by atoms with E-state index in [-0.39, 0.29) is 18.4 Å². The number of rotatable bonds is 4. The van der Waals surface area contributed by atoms with E-state index in [1.807, 2.05) is 36.4 Å². The first kappa shape index (κ1) is 13.7. The largest absolute Gasteiger partial charge is 0.329 e. The van der Waals surface area contributed by atoms with Crippen molar-refractivity contribution in [3.63, 3.8) is 0 Å². The second-order valence-electron chi connectivity index (χ2n) is 4.05. The van der Waals surface area contributed by atoms with Crippen molar-refractivity contribution < 1.29 is 4.79 Å². The maximum atomic E-state index is 12.2. The first-order valence-electron chi connectivity index (χ1n) is 5.88. The molecule has 4 nitrogen and oxygen atoms in total. The number of carbonyl (C=O) groups is 1. The summed E-state index contributed by atoms with van der Waals surface area (Å²) in [6.45, 7) is 0.256. The Bertz CT molecular complexity index is 542. The molecule has 0 spiro atoms. The molecule has 1 amide bonds. The van der Waals surface area contributed by atoms with E-state index in [1.165, 1.54) is 0 Å². The fraction of sp³-hybridized carbons (Fsp3) is 0.143. The lowest BCUT2D eigenvalue weighted by atomic mass is 9.98. The average molecular weight is 320 g/mol. The Hall–Kier alpha value is -1.72. The van der Waals surface area contributed by atoms with Crippen LogP contribution in [-0.2, 0) is 4.79 Å². The number of hydrogen-bond donors (Lipinski definition) is 2. The van der Waals surface area contributed by atoms with Crippen LogP contribution in [0.3, 0.4) is 0 Å². The van der Waals surface area contributed by atoms with Crippen molar-refractivity contribution in [3.8, 4) is 0 Å². The Labute approximate surface area is 120 Å². The van der Waals surface area contributed by atoms with Gasteiger partial charge in [-0.3, -0.25) is 4.79 Å². The fourth-order valence-electron chi connectivity index (χ4n) is 1.74. The minimum atomic E-state index is -0.369. The van der Waals surface area contributed by atoms with Gasteiger partial charge in [-0.15, -0.1) is 0 Å². The van der Waals surface area contributed by atoms with Crippen molar-refractivity contribution >= 4 is 27.7 Å². The Kier molecular flexibility index (Phi) is 4.65. The van der Waals surface area contributed by atoms with Crippen molar-refractivity contribution in [2.45, 2.75) is 5.92 Å². The minimum absolute atomic E-state index is 0.150. The van der Waals surface area contributed by atoms with Gasteiger partial charge in [0, 0.05) is 17.2 Å². The van der Waals surface area contributed by atoms with E-state index in [2.05, 4.69) is 26.2 Å². The molecule has 0 aliphatic rings. The van der Waals surface area contributed by atoms with E-state index in [0.29, 0.717) is 5.82 Å². The predicted molar refractivity (Wildman–Crippen MR) is 78.8 cm³/mol. The normalized spacial score (nSPS) is 11.9. The van der Waals surface area contributed by atoms with E-state index in [4.69, 9.17) is 5.73 Å². The molecule has 0 fully saturated rings. The maximum absolute atomic E-state index is 12.2.